The first kappa shape index (κ1) is 20.0. The average Bonchev–Trinajstić information content (AvgIpc) is 3.43. The molecule has 8 nitrogen and oxygen atoms in total. The minimum atomic E-state index is -0.364. The van der Waals surface area contributed by atoms with Crippen LogP contribution in [0.1, 0.15) is 46.3 Å². The Hall–Kier alpha value is -3.98. The average molecular weight is 443 g/mol. The number of carbonyl (C=O) groups excluding carboxylic acids is 2. The van der Waals surface area contributed by atoms with Crippen molar-refractivity contribution < 1.29 is 9.59 Å². The number of nitrogens with one attached hydrogen (secondary N) is 1. The second-order valence-corrected chi connectivity index (χ2v) is 8.53. The quantitative estimate of drug-likeness (QED) is 0.402. The number of anilines is 1. The highest BCUT2D eigenvalue weighted by atomic mass is 32.1. The van der Waals surface area contributed by atoms with Gasteiger partial charge in [0, 0.05) is 51.9 Å². The van der Waals surface area contributed by atoms with Crippen LogP contribution in [-0.4, -0.2) is 36.2 Å². The molecule has 0 spiro atoms. The number of rotatable bonds is 5. The summed E-state index contributed by atoms with van der Waals surface area (Å²) in [4.78, 5) is 42.7. The van der Waals surface area contributed by atoms with Crippen LogP contribution >= 0.6 is 11.3 Å². The van der Waals surface area contributed by atoms with E-state index in [9.17, 15) is 9.59 Å². The lowest BCUT2D eigenvalue weighted by molar-refractivity contribution is 0.101. The zero-order chi connectivity index (χ0) is 22.2. The van der Waals surface area contributed by atoms with Gasteiger partial charge in [-0.05, 0) is 37.4 Å². The van der Waals surface area contributed by atoms with Crippen molar-refractivity contribution in [3.8, 4) is 0 Å². The van der Waals surface area contributed by atoms with Gasteiger partial charge in [-0.2, -0.15) is 0 Å². The van der Waals surface area contributed by atoms with Gasteiger partial charge >= 0.3 is 0 Å². The summed E-state index contributed by atoms with van der Waals surface area (Å²) in [6.45, 7) is 4.05. The molecule has 0 aromatic carbocycles. The fraction of sp³-hybridized carbons (Fsp3) is 0.130. The third-order valence-corrected chi connectivity index (χ3v) is 6.00. The molecule has 9 heteroatoms. The van der Waals surface area contributed by atoms with Crippen LogP contribution in [-0.2, 0) is 0 Å². The van der Waals surface area contributed by atoms with Gasteiger partial charge in [0.25, 0.3) is 5.91 Å². The number of amides is 1. The number of aromatic nitrogens is 5. The second-order valence-electron chi connectivity index (χ2n) is 7.58. The van der Waals surface area contributed by atoms with Gasteiger partial charge in [-0.25, -0.2) is 9.97 Å². The number of ketones is 1. The van der Waals surface area contributed by atoms with Crippen molar-refractivity contribution in [1.29, 1.82) is 0 Å². The smallest absolute Gasteiger partial charge is 0.274 e. The highest BCUT2D eigenvalue weighted by Gasteiger charge is 2.20. The molecule has 1 amide bonds. The van der Waals surface area contributed by atoms with Gasteiger partial charge in [0.15, 0.2) is 5.78 Å². The first-order chi connectivity index (χ1) is 15.5. The molecule has 0 unspecified atom stereocenters. The maximum absolute atomic E-state index is 13.3. The molecule has 32 heavy (non-hydrogen) atoms. The van der Waals surface area contributed by atoms with Crippen molar-refractivity contribution in [3.63, 3.8) is 0 Å². The molecule has 0 radical (unpaired) electrons. The highest BCUT2D eigenvalue weighted by Crippen LogP contribution is 2.25. The van der Waals surface area contributed by atoms with Crippen LogP contribution in [0, 0.1) is 0 Å². The van der Waals surface area contributed by atoms with Crippen molar-refractivity contribution in [2.24, 2.45) is 0 Å². The Kier molecular flexibility index (Phi) is 4.95. The van der Waals surface area contributed by atoms with E-state index in [-0.39, 0.29) is 17.7 Å². The van der Waals surface area contributed by atoms with E-state index < -0.39 is 0 Å². The van der Waals surface area contributed by atoms with Crippen LogP contribution in [0.4, 0.5) is 5.69 Å². The molecule has 5 heterocycles. The lowest BCUT2D eigenvalue weighted by atomic mass is 10.1. The summed E-state index contributed by atoms with van der Waals surface area (Å²) < 4.78 is 2.92. The second kappa shape index (κ2) is 7.93. The fourth-order valence-electron chi connectivity index (χ4n) is 3.53. The molecule has 0 aliphatic carbocycles. The van der Waals surface area contributed by atoms with Gasteiger partial charge in [-0.15, -0.1) is 11.3 Å². The van der Waals surface area contributed by atoms with E-state index in [2.05, 4.69) is 25.3 Å². The summed E-state index contributed by atoms with van der Waals surface area (Å²) in [7, 11) is 0. The Morgan fingerprint density at radius 3 is 2.78 bits per heavy atom. The molecule has 1 N–H and O–H groups in total. The molecule has 5 aromatic heterocycles. The molecule has 0 saturated carbocycles. The third-order valence-electron chi connectivity index (χ3n) is 5.12. The van der Waals surface area contributed by atoms with E-state index in [1.165, 1.54) is 18.7 Å². The minimum absolute atomic E-state index is 0.130. The number of thiophene rings is 1. The van der Waals surface area contributed by atoms with E-state index in [1.807, 2.05) is 29.9 Å². The molecule has 0 aliphatic heterocycles. The van der Waals surface area contributed by atoms with Gasteiger partial charge < -0.3 is 9.88 Å². The SMILES string of the molecule is CC(C)n1cc(C(=O)c2cncc(NC(=O)c3cc4sccc4cn3)c2)c2cncnc21. The zero-order valence-corrected chi connectivity index (χ0v) is 18.1. The Labute approximate surface area is 187 Å². The summed E-state index contributed by atoms with van der Waals surface area (Å²) in [5.74, 6) is -0.581. The molecule has 158 valence electrons. The number of fused-ring (bicyclic) bond motifs is 2. The molecule has 0 fully saturated rings. The molecule has 5 aromatic rings. The monoisotopic (exact) mass is 442 g/mol. The van der Waals surface area contributed by atoms with Crippen LogP contribution in [0.15, 0.2) is 60.9 Å². The predicted molar refractivity (Wildman–Crippen MR) is 123 cm³/mol. The normalized spacial score (nSPS) is 11.3. The van der Waals surface area contributed by atoms with Crippen LogP contribution in [0.3, 0.4) is 0 Å². The van der Waals surface area contributed by atoms with E-state index in [4.69, 9.17) is 0 Å². The fourth-order valence-corrected chi connectivity index (χ4v) is 4.32. The summed E-state index contributed by atoms with van der Waals surface area (Å²) in [6, 6.07) is 5.44. The van der Waals surface area contributed by atoms with Crippen molar-refractivity contribution in [2.75, 3.05) is 5.32 Å². The standard InChI is InChI=1S/C23H18N6O2S/c1-13(2)29-11-18(17-10-25-12-27-22(17)29)21(30)15-5-16(9-24-7-15)28-23(31)19-6-20-14(8-26-19)3-4-32-20/h3-13H,1-2H3,(H,28,31). The molecule has 5 rings (SSSR count). The summed E-state index contributed by atoms with van der Waals surface area (Å²) in [6.07, 6.45) is 9.55. The Morgan fingerprint density at radius 2 is 1.94 bits per heavy atom. The van der Waals surface area contributed by atoms with Crippen LogP contribution < -0.4 is 5.32 Å². The maximum Gasteiger partial charge on any atom is 0.274 e. The van der Waals surface area contributed by atoms with Gasteiger partial charge in [0.05, 0.1) is 17.4 Å². The van der Waals surface area contributed by atoms with Crippen LogP contribution in [0.2, 0.25) is 0 Å². The highest BCUT2D eigenvalue weighted by molar-refractivity contribution is 7.17. The Morgan fingerprint density at radius 1 is 1.06 bits per heavy atom. The molecule has 0 bridgehead atoms. The van der Waals surface area contributed by atoms with Gasteiger partial charge in [-0.1, -0.05) is 0 Å². The first-order valence-corrected chi connectivity index (χ1v) is 10.8. The lowest BCUT2D eigenvalue weighted by Crippen LogP contribution is -2.14. The van der Waals surface area contributed by atoms with Gasteiger partial charge in [0.1, 0.15) is 17.7 Å². The third kappa shape index (κ3) is 3.52. The molecule has 0 saturated heterocycles. The number of pyridine rings is 2. The summed E-state index contributed by atoms with van der Waals surface area (Å²) >= 11 is 1.54. The van der Waals surface area contributed by atoms with Crippen LogP contribution in [0.25, 0.3) is 21.1 Å². The molecular weight excluding hydrogens is 424 g/mol. The largest absolute Gasteiger partial charge is 0.329 e. The number of hydrogen-bond acceptors (Lipinski definition) is 7. The van der Waals surface area contributed by atoms with Gasteiger partial charge in [-0.3, -0.25) is 19.6 Å². The van der Waals surface area contributed by atoms with Crippen molar-refractivity contribution in [2.45, 2.75) is 19.9 Å². The van der Waals surface area contributed by atoms with E-state index in [1.54, 1.807) is 42.1 Å². The molecular formula is C23H18N6O2S. The predicted octanol–water partition coefficient (Wildman–Crippen LogP) is 4.50. The Balaban J connectivity index is 1.44. The van der Waals surface area contributed by atoms with Crippen molar-refractivity contribution in [3.05, 3.63) is 77.7 Å². The Bertz CT molecular complexity index is 1490. The van der Waals surface area contributed by atoms with Crippen molar-refractivity contribution in [1.82, 2.24) is 24.5 Å². The maximum atomic E-state index is 13.3. The summed E-state index contributed by atoms with van der Waals surface area (Å²) in [5.41, 5.74) is 2.26. The topological polar surface area (TPSA) is 103 Å². The number of hydrogen-bond donors (Lipinski definition) is 1. The van der Waals surface area contributed by atoms with E-state index in [0.29, 0.717) is 33.5 Å². The minimum Gasteiger partial charge on any atom is -0.329 e. The summed E-state index contributed by atoms with van der Waals surface area (Å²) in [5, 5.41) is 6.40. The molecule has 0 aliphatic rings. The molecule has 0 atom stereocenters. The van der Waals surface area contributed by atoms with E-state index >= 15 is 0 Å². The van der Waals surface area contributed by atoms with Crippen molar-refractivity contribution >= 4 is 49.8 Å². The number of carbonyl (C=O) groups is 2. The number of nitrogens with zero attached hydrogens (tertiary/aromatic N) is 5. The first-order valence-electron chi connectivity index (χ1n) is 9.96. The van der Waals surface area contributed by atoms with Gasteiger partial charge in [0.2, 0.25) is 0 Å². The lowest BCUT2D eigenvalue weighted by Gasteiger charge is -2.07. The van der Waals surface area contributed by atoms with E-state index in [0.717, 1.165) is 10.1 Å². The van der Waals surface area contributed by atoms with Crippen LogP contribution in [0.5, 0.6) is 0 Å². The zero-order valence-electron chi connectivity index (χ0n) is 17.3.